The van der Waals surface area contributed by atoms with Crippen LogP contribution in [-0.2, 0) is 9.59 Å². The lowest BCUT2D eigenvalue weighted by molar-refractivity contribution is -0.142. The molecule has 0 spiro atoms. The Hall–Kier alpha value is -1.75. The summed E-state index contributed by atoms with van der Waals surface area (Å²) in [5.74, 6) is -0.623. The van der Waals surface area contributed by atoms with Gasteiger partial charge in [0.15, 0.2) is 6.61 Å². The first-order chi connectivity index (χ1) is 10.0. The zero-order valence-corrected chi connectivity index (χ0v) is 12.3. The summed E-state index contributed by atoms with van der Waals surface area (Å²) in [6.45, 7) is -0.0551. The highest BCUT2D eigenvalue weighted by Gasteiger charge is 2.26. The van der Waals surface area contributed by atoms with Crippen LogP contribution in [0.3, 0.4) is 0 Å². The number of carboxylic acid groups (broad SMARTS) is 1. The minimum atomic E-state index is -0.745. The third-order valence-corrected chi connectivity index (χ3v) is 3.88. The normalized spacial score (nSPS) is 21.6. The van der Waals surface area contributed by atoms with E-state index < -0.39 is 5.97 Å². The molecule has 2 rings (SSSR count). The summed E-state index contributed by atoms with van der Waals surface area (Å²) in [6, 6.07) is 6.84. The minimum Gasteiger partial charge on any atom is -0.484 e. The maximum atomic E-state index is 11.8. The molecule has 6 heteroatoms. The van der Waals surface area contributed by atoms with E-state index in [9.17, 15) is 9.59 Å². The lowest BCUT2D eigenvalue weighted by Crippen LogP contribution is -2.40. The average molecular weight is 312 g/mol. The van der Waals surface area contributed by atoms with Gasteiger partial charge >= 0.3 is 5.97 Å². The summed E-state index contributed by atoms with van der Waals surface area (Å²) in [6.07, 6.45) is 2.62. The fourth-order valence-corrected chi connectivity index (χ4v) is 2.56. The van der Waals surface area contributed by atoms with Crippen LogP contribution in [0.4, 0.5) is 0 Å². The third-order valence-electron chi connectivity index (χ3n) is 3.63. The lowest BCUT2D eigenvalue weighted by atomic mass is 9.86. The van der Waals surface area contributed by atoms with Crippen LogP contribution in [0.5, 0.6) is 5.75 Å². The van der Waals surface area contributed by atoms with Gasteiger partial charge < -0.3 is 15.2 Å². The van der Waals surface area contributed by atoms with E-state index >= 15 is 0 Å². The first-order valence-corrected chi connectivity index (χ1v) is 7.33. The van der Waals surface area contributed by atoms with Crippen molar-refractivity contribution in [1.29, 1.82) is 0 Å². The first-order valence-electron chi connectivity index (χ1n) is 6.95. The number of halogens is 1. The Bertz CT molecular complexity index is 495. The van der Waals surface area contributed by atoms with Crippen LogP contribution >= 0.6 is 11.6 Å². The average Bonchev–Trinajstić information content (AvgIpc) is 2.47. The van der Waals surface area contributed by atoms with Gasteiger partial charge in [-0.3, -0.25) is 9.59 Å². The molecule has 114 valence electrons. The van der Waals surface area contributed by atoms with Crippen molar-refractivity contribution in [3.05, 3.63) is 29.3 Å². The fraction of sp³-hybridized carbons (Fsp3) is 0.467. The number of nitrogens with one attached hydrogen (secondary N) is 1. The van der Waals surface area contributed by atoms with E-state index in [1.165, 1.54) is 0 Å². The van der Waals surface area contributed by atoms with Gasteiger partial charge in [-0.1, -0.05) is 11.6 Å². The molecule has 0 bridgehead atoms. The number of benzene rings is 1. The monoisotopic (exact) mass is 311 g/mol. The van der Waals surface area contributed by atoms with E-state index in [-0.39, 0.29) is 24.5 Å². The number of carboxylic acids is 1. The second-order valence-corrected chi connectivity index (χ2v) is 5.63. The van der Waals surface area contributed by atoms with Gasteiger partial charge in [-0.25, -0.2) is 0 Å². The van der Waals surface area contributed by atoms with Crippen molar-refractivity contribution in [2.24, 2.45) is 5.92 Å². The molecule has 0 radical (unpaired) electrons. The number of hydrogen-bond acceptors (Lipinski definition) is 3. The largest absolute Gasteiger partial charge is 0.484 e. The Morgan fingerprint density at radius 2 is 1.81 bits per heavy atom. The predicted molar refractivity (Wildman–Crippen MR) is 78.5 cm³/mol. The first kappa shape index (κ1) is 15.6. The van der Waals surface area contributed by atoms with Crippen molar-refractivity contribution >= 4 is 23.5 Å². The fourth-order valence-electron chi connectivity index (χ4n) is 2.43. The Morgan fingerprint density at radius 3 is 2.38 bits per heavy atom. The highest BCUT2D eigenvalue weighted by atomic mass is 35.5. The number of carbonyl (C=O) groups is 2. The van der Waals surface area contributed by atoms with Gasteiger partial charge in [0.05, 0.1) is 5.92 Å². The van der Waals surface area contributed by atoms with Gasteiger partial charge in [0, 0.05) is 11.1 Å². The van der Waals surface area contributed by atoms with Crippen LogP contribution in [0.25, 0.3) is 0 Å². The van der Waals surface area contributed by atoms with Crippen LogP contribution < -0.4 is 10.1 Å². The van der Waals surface area contributed by atoms with E-state index in [4.69, 9.17) is 21.4 Å². The summed E-state index contributed by atoms with van der Waals surface area (Å²) < 4.78 is 5.36. The lowest BCUT2D eigenvalue weighted by Gasteiger charge is -2.26. The van der Waals surface area contributed by atoms with E-state index in [2.05, 4.69) is 5.32 Å². The molecule has 5 nitrogen and oxygen atoms in total. The smallest absolute Gasteiger partial charge is 0.306 e. The summed E-state index contributed by atoms with van der Waals surface area (Å²) >= 11 is 5.76. The molecule has 1 amide bonds. The van der Waals surface area contributed by atoms with Crippen molar-refractivity contribution < 1.29 is 19.4 Å². The molecule has 0 aliphatic heterocycles. The quantitative estimate of drug-likeness (QED) is 0.876. The maximum Gasteiger partial charge on any atom is 0.306 e. The number of amides is 1. The molecular weight excluding hydrogens is 294 g/mol. The van der Waals surface area contributed by atoms with Gasteiger partial charge in [-0.2, -0.15) is 0 Å². The van der Waals surface area contributed by atoms with Crippen LogP contribution in [0.2, 0.25) is 5.02 Å². The summed E-state index contributed by atoms with van der Waals surface area (Å²) in [4.78, 5) is 22.6. The van der Waals surface area contributed by atoms with Crippen molar-refractivity contribution in [3.8, 4) is 5.75 Å². The molecule has 2 N–H and O–H groups in total. The number of aliphatic carboxylic acids is 1. The van der Waals surface area contributed by atoms with Crippen molar-refractivity contribution in [2.75, 3.05) is 6.61 Å². The minimum absolute atomic E-state index is 0.0434. The van der Waals surface area contributed by atoms with E-state index in [1.807, 2.05) is 0 Å². The van der Waals surface area contributed by atoms with E-state index in [0.717, 1.165) is 0 Å². The number of ether oxygens (including phenoxy) is 1. The number of hydrogen-bond donors (Lipinski definition) is 2. The molecular formula is C15H18ClNO4. The van der Waals surface area contributed by atoms with Crippen LogP contribution in [-0.4, -0.2) is 29.6 Å². The standard InChI is InChI=1S/C15H18ClNO4/c16-11-3-7-13(8-4-11)21-9-14(18)17-12-5-1-10(2-6-12)15(19)20/h3-4,7-8,10,12H,1-2,5-6,9H2,(H,17,18)(H,19,20). The zero-order valence-electron chi connectivity index (χ0n) is 11.5. The maximum absolute atomic E-state index is 11.8. The molecule has 0 atom stereocenters. The Kier molecular flexibility index (Phi) is 5.44. The molecule has 1 aliphatic carbocycles. The Labute approximate surface area is 128 Å². The van der Waals surface area contributed by atoms with Crippen molar-refractivity contribution in [2.45, 2.75) is 31.7 Å². The SMILES string of the molecule is O=C(COc1ccc(Cl)cc1)NC1CCC(C(=O)O)CC1. The Balaban J connectivity index is 1.70. The molecule has 1 saturated carbocycles. The molecule has 1 aromatic rings. The second-order valence-electron chi connectivity index (χ2n) is 5.20. The van der Waals surface area contributed by atoms with Gasteiger partial charge in [-0.05, 0) is 49.9 Å². The molecule has 21 heavy (non-hydrogen) atoms. The van der Waals surface area contributed by atoms with E-state index in [1.54, 1.807) is 24.3 Å². The molecule has 0 heterocycles. The number of carbonyl (C=O) groups excluding carboxylic acids is 1. The van der Waals surface area contributed by atoms with Crippen LogP contribution in [0.1, 0.15) is 25.7 Å². The molecule has 0 saturated heterocycles. The highest BCUT2D eigenvalue weighted by Crippen LogP contribution is 2.24. The molecule has 0 aromatic heterocycles. The zero-order chi connectivity index (χ0) is 15.2. The second kappa shape index (κ2) is 7.31. The summed E-state index contributed by atoms with van der Waals surface area (Å²) in [7, 11) is 0. The topological polar surface area (TPSA) is 75.6 Å². The highest BCUT2D eigenvalue weighted by molar-refractivity contribution is 6.30. The third kappa shape index (κ3) is 4.93. The van der Waals surface area contributed by atoms with Crippen molar-refractivity contribution in [3.63, 3.8) is 0 Å². The molecule has 1 aromatic carbocycles. The number of rotatable bonds is 5. The Morgan fingerprint density at radius 1 is 1.19 bits per heavy atom. The van der Waals surface area contributed by atoms with Crippen molar-refractivity contribution in [1.82, 2.24) is 5.32 Å². The predicted octanol–water partition coefficient (Wildman–Crippen LogP) is 2.48. The van der Waals surface area contributed by atoms with Gasteiger partial charge in [0.2, 0.25) is 0 Å². The molecule has 1 aliphatic rings. The summed E-state index contributed by atoms with van der Waals surface area (Å²) in [5, 5.41) is 12.4. The van der Waals surface area contributed by atoms with E-state index in [0.29, 0.717) is 36.5 Å². The molecule has 0 unspecified atom stereocenters. The van der Waals surface area contributed by atoms with Crippen LogP contribution in [0.15, 0.2) is 24.3 Å². The van der Waals surface area contributed by atoms with Gasteiger partial charge in [-0.15, -0.1) is 0 Å². The molecule has 1 fully saturated rings. The summed E-state index contributed by atoms with van der Waals surface area (Å²) in [5.41, 5.74) is 0. The van der Waals surface area contributed by atoms with Crippen LogP contribution in [0, 0.1) is 5.92 Å². The van der Waals surface area contributed by atoms with Gasteiger partial charge in [0.25, 0.3) is 5.91 Å². The van der Waals surface area contributed by atoms with Gasteiger partial charge in [0.1, 0.15) is 5.75 Å².